The second-order valence-electron chi connectivity index (χ2n) is 4.01. The van der Waals surface area contributed by atoms with Crippen LogP contribution in [0.2, 0.25) is 5.02 Å². The normalized spacial score (nSPS) is 10.9. The molecule has 0 unspecified atom stereocenters. The quantitative estimate of drug-likeness (QED) is 0.631. The Morgan fingerprint density at radius 1 is 1.12 bits per heavy atom. The Bertz CT molecular complexity index is 686. The molecule has 0 aliphatic heterocycles. The molecule has 2 aromatic heterocycles. The summed E-state index contributed by atoms with van der Waals surface area (Å²) in [5.41, 5.74) is 3.28. The zero-order chi connectivity index (χ0) is 11.8. The number of rotatable bonds is 1. The number of imidazole rings is 1. The second kappa shape index (κ2) is 3.90. The van der Waals surface area contributed by atoms with Gasteiger partial charge in [-0.25, -0.2) is 4.98 Å². The zero-order valence-electron chi connectivity index (χ0n) is 9.39. The van der Waals surface area contributed by atoms with Gasteiger partial charge < -0.3 is 0 Å². The SMILES string of the molecule is Cc1cccn2c(-c3ccccc3Cl)ncc12. The van der Waals surface area contributed by atoms with Crippen molar-refractivity contribution in [2.45, 2.75) is 6.92 Å². The topological polar surface area (TPSA) is 17.3 Å². The van der Waals surface area contributed by atoms with Crippen LogP contribution < -0.4 is 0 Å². The van der Waals surface area contributed by atoms with E-state index in [2.05, 4.69) is 22.4 Å². The Morgan fingerprint density at radius 2 is 1.94 bits per heavy atom. The van der Waals surface area contributed by atoms with Gasteiger partial charge in [0.25, 0.3) is 0 Å². The van der Waals surface area contributed by atoms with Crippen molar-refractivity contribution in [3.8, 4) is 11.4 Å². The summed E-state index contributed by atoms with van der Waals surface area (Å²) in [6.45, 7) is 2.08. The van der Waals surface area contributed by atoms with Crippen LogP contribution in [0.4, 0.5) is 0 Å². The molecule has 0 aliphatic rings. The molecule has 1 aromatic carbocycles. The molecule has 0 amide bonds. The molecule has 17 heavy (non-hydrogen) atoms. The van der Waals surface area contributed by atoms with Crippen molar-refractivity contribution in [3.63, 3.8) is 0 Å². The molecular formula is C14H11ClN2. The number of aromatic nitrogens is 2. The van der Waals surface area contributed by atoms with Gasteiger partial charge in [-0.15, -0.1) is 0 Å². The molecule has 3 rings (SSSR count). The summed E-state index contributed by atoms with van der Waals surface area (Å²) >= 11 is 6.20. The molecule has 0 atom stereocenters. The number of fused-ring (bicyclic) bond motifs is 1. The highest BCUT2D eigenvalue weighted by Gasteiger charge is 2.09. The van der Waals surface area contributed by atoms with E-state index in [0.717, 1.165) is 21.9 Å². The van der Waals surface area contributed by atoms with Crippen molar-refractivity contribution in [1.29, 1.82) is 0 Å². The van der Waals surface area contributed by atoms with Gasteiger partial charge in [0.1, 0.15) is 5.82 Å². The summed E-state index contributed by atoms with van der Waals surface area (Å²) in [6.07, 6.45) is 3.89. The number of benzene rings is 1. The first-order valence-corrected chi connectivity index (χ1v) is 5.83. The van der Waals surface area contributed by atoms with Gasteiger partial charge in [-0.05, 0) is 30.7 Å². The molecule has 3 aromatic rings. The molecule has 0 bridgehead atoms. The van der Waals surface area contributed by atoms with Crippen molar-refractivity contribution in [2.24, 2.45) is 0 Å². The highest BCUT2D eigenvalue weighted by Crippen LogP contribution is 2.27. The van der Waals surface area contributed by atoms with Crippen LogP contribution in [0.15, 0.2) is 48.8 Å². The van der Waals surface area contributed by atoms with Crippen LogP contribution in [-0.2, 0) is 0 Å². The van der Waals surface area contributed by atoms with Gasteiger partial charge in [-0.1, -0.05) is 29.8 Å². The lowest BCUT2D eigenvalue weighted by Gasteiger charge is -2.04. The van der Waals surface area contributed by atoms with E-state index < -0.39 is 0 Å². The monoisotopic (exact) mass is 242 g/mol. The van der Waals surface area contributed by atoms with Gasteiger partial charge in [0.05, 0.1) is 16.7 Å². The minimum absolute atomic E-state index is 0.724. The van der Waals surface area contributed by atoms with Crippen molar-refractivity contribution < 1.29 is 0 Å². The molecule has 2 nitrogen and oxygen atoms in total. The second-order valence-corrected chi connectivity index (χ2v) is 4.42. The van der Waals surface area contributed by atoms with Gasteiger partial charge in [0, 0.05) is 11.8 Å². The van der Waals surface area contributed by atoms with Crippen LogP contribution >= 0.6 is 11.6 Å². The fourth-order valence-electron chi connectivity index (χ4n) is 2.00. The minimum Gasteiger partial charge on any atom is -0.299 e. The number of hydrogen-bond donors (Lipinski definition) is 0. The molecule has 0 saturated heterocycles. The summed E-state index contributed by atoms with van der Waals surface area (Å²) < 4.78 is 2.07. The molecule has 0 spiro atoms. The lowest BCUT2D eigenvalue weighted by Crippen LogP contribution is -1.90. The summed E-state index contributed by atoms with van der Waals surface area (Å²) in [5.74, 6) is 0.884. The summed E-state index contributed by atoms with van der Waals surface area (Å²) in [4.78, 5) is 4.47. The van der Waals surface area contributed by atoms with Gasteiger partial charge in [-0.3, -0.25) is 4.40 Å². The molecule has 84 valence electrons. The predicted molar refractivity (Wildman–Crippen MR) is 70.4 cm³/mol. The van der Waals surface area contributed by atoms with Crippen LogP contribution in [0.1, 0.15) is 5.56 Å². The van der Waals surface area contributed by atoms with E-state index in [0.29, 0.717) is 0 Å². The maximum atomic E-state index is 6.20. The lowest BCUT2D eigenvalue weighted by atomic mass is 10.2. The van der Waals surface area contributed by atoms with E-state index in [1.54, 1.807) is 0 Å². The summed E-state index contributed by atoms with van der Waals surface area (Å²) in [5, 5.41) is 0.724. The molecule has 2 heterocycles. The Morgan fingerprint density at radius 3 is 2.76 bits per heavy atom. The highest BCUT2D eigenvalue weighted by atomic mass is 35.5. The maximum Gasteiger partial charge on any atom is 0.145 e. The van der Waals surface area contributed by atoms with Crippen LogP contribution in [0.25, 0.3) is 16.9 Å². The van der Waals surface area contributed by atoms with Gasteiger partial charge in [-0.2, -0.15) is 0 Å². The third-order valence-electron chi connectivity index (χ3n) is 2.90. The molecule has 0 radical (unpaired) electrons. The predicted octanol–water partition coefficient (Wildman–Crippen LogP) is 3.96. The van der Waals surface area contributed by atoms with Crippen molar-refractivity contribution in [1.82, 2.24) is 9.38 Å². The molecule has 3 heteroatoms. The van der Waals surface area contributed by atoms with Crippen LogP contribution in [-0.4, -0.2) is 9.38 Å². The Balaban J connectivity index is 2.33. The van der Waals surface area contributed by atoms with Gasteiger partial charge in [0.15, 0.2) is 0 Å². The van der Waals surface area contributed by atoms with E-state index in [4.69, 9.17) is 11.6 Å². The number of nitrogens with zero attached hydrogens (tertiary/aromatic N) is 2. The largest absolute Gasteiger partial charge is 0.299 e. The molecule has 0 aliphatic carbocycles. The fraction of sp³-hybridized carbons (Fsp3) is 0.0714. The third kappa shape index (κ3) is 1.61. The standard InChI is InChI=1S/C14H11ClN2/c1-10-5-4-8-17-13(10)9-16-14(17)11-6-2-3-7-12(11)15/h2-9H,1H3. The van der Waals surface area contributed by atoms with E-state index in [9.17, 15) is 0 Å². The molecule has 0 N–H and O–H groups in total. The van der Waals surface area contributed by atoms with E-state index in [1.807, 2.05) is 42.7 Å². The molecular weight excluding hydrogens is 232 g/mol. The first kappa shape index (κ1) is 10.4. The Kier molecular flexibility index (Phi) is 2.37. The lowest BCUT2D eigenvalue weighted by molar-refractivity contribution is 1.15. The Labute approximate surface area is 104 Å². The van der Waals surface area contributed by atoms with Gasteiger partial charge in [0.2, 0.25) is 0 Å². The van der Waals surface area contributed by atoms with Crippen molar-refractivity contribution >= 4 is 17.1 Å². The first-order chi connectivity index (χ1) is 8.27. The van der Waals surface area contributed by atoms with Crippen molar-refractivity contribution in [3.05, 3.63) is 59.4 Å². The zero-order valence-corrected chi connectivity index (χ0v) is 10.1. The van der Waals surface area contributed by atoms with E-state index in [1.165, 1.54) is 5.56 Å². The van der Waals surface area contributed by atoms with Crippen molar-refractivity contribution in [2.75, 3.05) is 0 Å². The average molecular weight is 243 g/mol. The number of pyridine rings is 1. The Hall–Kier alpha value is -1.80. The van der Waals surface area contributed by atoms with E-state index >= 15 is 0 Å². The van der Waals surface area contributed by atoms with Gasteiger partial charge >= 0.3 is 0 Å². The number of aryl methyl sites for hydroxylation is 1. The van der Waals surface area contributed by atoms with Crippen LogP contribution in [0.5, 0.6) is 0 Å². The van der Waals surface area contributed by atoms with E-state index in [-0.39, 0.29) is 0 Å². The third-order valence-corrected chi connectivity index (χ3v) is 3.23. The highest BCUT2D eigenvalue weighted by molar-refractivity contribution is 6.33. The summed E-state index contributed by atoms with van der Waals surface area (Å²) in [7, 11) is 0. The van der Waals surface area contributed by atoms with Crippen LogP contribution in [0, 0.1) is 6.92 Å². The molecule has 0 fully saturated rings. The number of halogens is 1. The number of hydrogen-bond acceptors (Lipinski definition) is 1. The molecule has 0 saturated carbocycles. The van der Waals surface area contributed by atoms with Crippen LogP contribution in [0.3, 0.4) is 0 Å². The smallest absolute Gasteiger partial charge is 0.145 e. The fourth-order valence-corrected chi connectivity index (χ4v) is 2.22. The minimum atomic E-state index is 0.724. The first-order valence-electron chi connectivity index (χ1n) is 5.45. The summed E-state index contributed by atoms with van der Waals surface area (Å²) in [6, 6.07) is 11.9. The maximum absolute atomic E-state index is 6.20. The average Bonchev–Trinajstić information content (AvgIpc) is 2.75.